The van der Waals surface area contributed by atoms with Crippen LogP contribution in [0.4, 0.5) is 0 Å². The van der Waals surface area contributed by atoms with Crippen molar-refractivity contribution in [3.63, 3.8) is 0 Å². The number of nitrogens with one attached hydrogen (secondary N) is 1. The molecule has 1 aliphatic rings. The average Bonchev–Trinajstić information content (AvgIpc) is 2.91. The lowest BCUT2D eigenvalue weighted by molar-refractivity contribution is 0.0382. The Morgan fingerprint density at radius 2 is 2.21 bits per heavy atom. The van der Waals surface area contributed by atoms with E-state index >= 15 is 0 Å². The van der Waals surface area contributed by atoms with Crippen LogP contribution in [0.25, 0.3) is 0 Å². The molecule has 0 aromatic carbocycles. The molecule has 2 N–H and O–H groups in total. The van der Waals surface area contributed by atoms with Gasteiger partial charge in [0, 0.05) is 19.3 Å². The van der Waals surface area contributed by atoms with Crippen molar-refractivity contribution < 1.29 is 9.90 Å². The summed E-state index contributed by atoms with van der Waals surface area (Å²) >= 11 is 0. The van der Waals surface area contributed by atoms with Gasteiger partial charge in [-0.1, -0.05) is 13.8 Å². The molecule has 2 heterocycles. The van der Waals surface area contributed by atoms with Gasteiger partial charge < -0.3 is 10.0 Å². The highest BCUT2D eigenvalue weighted by molar-refractivity contribution is 5.92. The molecule has 0 spiro atoms. The van der Waals surface area contributed by atoms with Gasteiger partial charge in [0.25, 0.3) is 5.91 Å². The van der Waals surface area contributed by atoms with Crippen molar-refractivity contribution in [3.05, 3.63) is 18.0 Å². The molecule has 1 amide bonds. The maximum Gasteiger partial charge on any atom is 0.271 e. The molecule has 0 unspecified atom stereocenters. The molecule has 5 heteroatoms. The molecular weight excluding hydrogens is 242 g/mol. The molecule has 106 valence electrons. The summed E-state index contributed by atoms with van der Waals surface area (Å²) in [6.07, 6.45) is 3.97. The number of piperidine rings is 1. The highest BCUT2D eigenvalue weighted by Crippen LogP contribution is 2.25. The van der Waals surface area contributed by atoms with Gasteiger partial charge in [0.2, 0.25) is 0 Å². The number of aliphatic hydroxyl groups is 1. The Morgan fingerprint density at radius 1 is 1.53 bits per heavy atom. The molecular formula is C14H23N3O2. The first-order valence-electron chi connectivity index (χ1n) is 7.04. The van der Waals surface area contributed by atoms with Crippen LogP contribution in [0.1, 0.15) is 43.6 Å². The van der Waals surface area contributed by atoms with Crippen molar-refractivity contribution in [1.82, 2.24) is 15.1 Å². The fraction of sp³-hybridized carbons (Fsp3) is 0.714. The average molecular weight is 265 g/mol. The van der Waals surface area contributed by atoms with E-state index in [1.165, 1.54) is 0 Å². The Hall–Kier alpha value is -1.36. The molecule has 5 nitrogen and oxygen atoms in total. The highest BCUT2D eigenvalue weighted by atomic mass is 16.3. The van der Waals surface area contributed by atoms with E-state index in [9.17, 15) is 9.90 Å². The lowest BCUT2D eigenvalue weighted by atomic mass is 9.87. The van der Waals surface area contributed by atoms with Gasteiger partial charge in [-0.2, -0.15) is 5.10 Å². The first kappa shape index (κ1) is 14.1. The van der Waals surface area contributed by atoms with E-state index in [2.05, 4.69) is 24.0 Å². The molecule has 1 saturated heterocycles. The molecule has 1 aliphatic heterocycles. The number of carbonyl (C=O) groups is 1. The van der Waals surface area contributed by atoms with Crippen molar-refractivity contribution in [3.8, 4) is 0 Å². The molecule has 19 heavy (non-hydrogen) atoms. The van der Waals surface area contributed by atoms with E-state index in [1.807, 2.05) is 4.90 Å². The van der Waals surface area contributed by atoms with Gasteiger partial charge in [-0.05, 0) is 37.2 Å². The van der Waals surface area contributed by atoms with Crippen molar-refractivity contribution in [2.24, 2.45) is 11.8 Å². The van der Waals surface area contributed by atoms with Gasteiger partial charge in [-0.15, -0.1) is 0 Å². The summed E-state index contributed by atoms with van der Waals surface area (Å²) in [6, 6.07) is 1.70. The van der Waals surface area contributed by atoms with E-state index in [-0.39, 0.29) is 12.0 Å². The molecule has 0 saturated carbocycles. The maximum absolute atomic E-state index is 12.1. The number of aromatic amines is 1. The number of H-pyrrole nitrogens is 1. The predicted octanol–water partition coefficient (Wildman–Crippen LogP) is 1.67. The summed E-state index contributed by atoms with van der Waals surface area (Å²) in [4.78, 5) is 13.9. The number of rotatable bonds is 4. The Labute approximate surface area is 114 Å². The van der Waals surface area contributed by atoms with Crippen LogP contribution in [0, 0.1) is 11.8 Å². The van der Waals surface area contributed by atoms with Gasteiger partial charge in [0.15, 0.2) is 0 Å². The zero-order chi connectivity index (χ0) is 13.8. The quantitative estimate of drug-likeness (QED) is 0.870. The van der Waals surface area contributed by atoms with E-state index in [0.29, 0.717) is 17.5 Å². The largest absolute Gasteiger partial charge is 0.393 e. The fourth-order valence-corrected chi connectivity index (χ4v) is 2.71. The molecule has 2 rings (SSSR count). The summed E-state index contributed by atoms with van der Waals surface area (Å²) in [5.74, 6) is 0.849. The zero-order valence-electron chi connectivity index (χ0n) is 11.7. The summed E-state index contributed by atoms with van der Waals surface area (Å²) in [7, 11) is 0. The smallest absolute Gasteiger partial charge is 0.271 e. The summed E-state index contributed by atoms with van der Waals surface area (Å²) < 4.78 is 0. The molecule has 0 radical (unpaired) electrons. The monoisotopic (exact) mass is 265 g/mol. The molecule has 0 aliphatic carbocycles. The third-order valence-corrected chi connectivity index (χ3v) is 3.82. The Bertz CT molecular complexity index is 395. The second-order valence-corrected chi connectivity index (χ2v) is 5.80. The minimum absolute atomic E-state index is 0.00861. The predicted molar refractivity (Wildman–Crippen MR) is 72.7 cm³/mol. The molecule has 1 fully saturated rings. The zero-order valence-corrected chi connectivity index (χ0v) is 11.7. The number of hydrogen-bond donors (Lipinski definition) is 2. The molecule has 0 bridgehead atoms. The highest BCUT2D eigenvalue weighted by Gasteiger charge is 2.28. The van der Waals surface area contributed by atoms with Crippen LogP contribution >= 0.6 is 0 Å². The number of aliphatic hydroxyl groups excluding tert-OH is 1. The number of carbonyl (C=O) groups excluding carboxylic acids is 1. The van der Waals surface area contributed by atoms with Gasteiger partial charge in [-0.25, -0.2) is 0 Å². The van der Waals surface area contributed by atoms with Crippen LogP contribution in [0.3, 0.4) is 0 Å². The summed E-state index contributed by atoms with van der Waals surface area (Å²) in [5, 5.41) is 16.6. The normalized spacial score (nSPS) is 18.8. The van der Waals surface area contributed by atoms with Crippen LogP contribution < -0.4 is 0 Å². The minimum atomic E-state index is -0.232. The molecule has 1 aromatic heterocycles. The van der Waals surface area contributed by atoms with Crippen molar-refractivity contribution in [2.75, 3.05) is 13.1 Å². The van der Waals surface area contributed by atoms with Gasteiger partial charge >= 0.3 is 0 Å². The van der Waals surface area contributed by atoms with Gasteiger partial charge in [-0.3, -0.25) is 9.89 Å². The standard InChI is InChI=1S/C14H23N3O2/c1-10(2)9-13(18)11-4-7-17(8-5-11)14(19)12-3-6-15-16-12/h3,6,10-11,13,18H,4-5,7-9H2,1-2H3,(H,15,16)/t13-/m0/s1. The summed E-state index contributed by atoms with van der Waals surface area (Å²) in [6.45, 7) is 5.69. The van der Waals surface area contributed by atoms with Crippen LogP contribution in [-0.4, -0.2) is 45.3 Å². The second kappa shape index (κ2) is 6.19. The van der Waals surface area contributed by atoms with E-state index in [4.69, 9.17) is 0 Å². The van der Waals surface area contributed by atoms with Crippen LogP contribution in [0.15, 0.2) is 12.3 Å². The van der Waals surface area contributed by atoms with Crippen LogP contribution in [0.2, 0.25) is 0 Å². The van der Waals surface area contributed by atoms with Gasteiger partial charge in [0.1, 0.15) is 5.69 Å². The van der Waals surface area contributed by atoms with Gasteiger partial charge in [0.05, 0.1) is 6.10 Å². The fourth-order valence-electron chi connectivity index (χ4n) is 2.71. The van der Waals surface area contributed by atoms with Crippen LogP contribution in [-0.2, 0) is 0 Å². The lowest BCUT2D eigenvalue weighted by Gasteiger charge is -2.34. The van der Waals surface area contributed by atoms with E-state index < -0.39 is 0 Å². The van der Waals surface area contributed by atoms with Crippen molar-refractivity contribution in [1.29, 1.82) is 0 Å². The maximum atomic E-state index is 12.1. The number of amides is 1. The Balaban J connectivity index is 1.84. The minimum Gasteiger partial charge on any atom is -0.393 e. The lowest BCUT2D eigenvalue weighted by Crippen LogP contribution is -2.41. The number of likely N-dealkylation sites (tertiary alicyclic amines) is 1. The Kier molecular flexibility index (Phi) is 4.58. The first-order valence-corrected chi connectivity index (χ1v) is 7.04. The van der Waals surface area contributed by atoms with Crippen LogP contribution in [0.5, 0.6) is 0 Å². The second-order valence-electron chi connectivity index (χ2n) is 5.80. The number of hydrogen-bond acceptors (Lipinski definition) is 3. The third kappa shape index (κ3) is 3.56. The van der Waals surface area contributed by atoms with E-state index in [0.717, 1.165) is 32.4 Å². The first-order chi connectivity index (χ1) is 9.08. The van der Waals surface area contributed by atoms with Crippen molar-refractivity contribution in [2.45, 2.75) is 39.2 Å². The SMILES string of the molecule is CC(C)C[C@H](O)C1CCN(C(=O)c2ccn[nH]2)CC1. The van der Waals surface area contributed by atoms with E-state index in [1.54, 1.807) is 12.3 Å². The third-order valence-electron chi connectivity index (χ3n) is 3.82. The molecule has 1 aromatic rings. The Morgan fingerprint density at radius 3 is 2.74 bits per heavy atom. The van der Waals surface area contributed by atoms with Crippen molar-refractivity contribution >= 4 is 5.91 Å². The molecule has 1 atom stereocenters. The number of aromatic nitrogens is 2. The topological polar surface area (TPSA) is 69.2 Å². The summed E-state index contributed by atoms with van der Waals surface area (Å²) in [5.41, 5.74) is 0.543. The number of nitrogens with zero attached hydrogens (tertiary/aromatic N) is 2.